The summed E-state index contributed by atoms with van der Waals surface area (Å²) >= 11 is 7.24. The van der Waals surface area contributed by atoms with Crippen molar-refractivity contribution >= 4 is 46.2 Å². The van der Waals surface area contributed by atoms with Crippen LogP contribution in [0.5, 0.6) is 0 Å². The second kappa shape index (κ2) is 8.60. The van der Waals surface area contributed by atoms with Gasteiger partial charge in [0.2, 0.25) is 5.91 Å². The van der Waals surface area contributed by atoms with Gasteiger partial charge in [0.25, 0.3) is 0 Å². The number of nitrogens with one attached hydrogen (secondary N) is 3. The van der Waals surface area contributed by atoms with Crippen molar-refractivity contribution in [2.75, 3.05) is 12.8 Å². The number of H-pyrrole nitrogens is 1. The Balaban J connectivity index is 1.73. The minimum Gasteiger partial charge on any atom is -0.360 e. The van der Waals surface area contributed by atoms with Crippen LogP contribution in [0.2, 0.25) is 5.02 Å². The van der Waals surface area contributed by atoms with E-state index in [0.717, 1.165) is 22.2 Å². The average molecular weight is 441 g/mol. The first-order valence-corrected chi connectivity index (χ1v) is 10.4. The maximum Gasteiger partial charge on any atom is 0.321 e. The number of hydrogen-bond acceptors (Lipinski definition) is 5. The number of aromatic nitrogens is 4. The molecule has 10 heteroatoms. The summed E-state index contributed by atoms with van der Waals surface area (Å²) in [5.41, 5.74) is 2.67. The van der Waals surface area contributed by atoms with E-state index in [-0.39, 0.29) is 5.75 Å². The minimum atomic E-state index is -0.556. The largest absolute Gasteiger partial charge is 0.360 e. The van der Waals surface area contributed by atoms with Crippen LogP contribution in [0.25, 0.3) is 28.0 Å². The summed E-state index contributed by atoms with van der Waals surface area (Å²) in [6, 6.07) is 14.6. The molecule has 3 N–H and O–H groups in total. The number of nitrogens with zero attached hydrogens (tertiary/aromatic N) is 3. The number of thioether (sulfide) groups is 1. The highest BCUT2D eigenvalue weighted by Gasteiger charge is 2.20. The first-order chi connectivity index (χ1) is 14.6. The van der Waals surface area contributed by atoms with Gasteiger partial charge in [-0.1, -0.05) is 41.6 Å². The number of urea groups is 1. The van der Waals surface area contributed by atoms with Crippen LogP contribution in [0.15, 0.2) is 59.9 Å². The number of para-hydroxylation sites is 1. The molecule has 0 saturated carbocycles. The molecule has 0 unspecified atom stereocenters. The molecule has 2 aromatic carbocycles. The lowest BCUT2D eigenvalue weighted by Gasteiger charge is -2.10. The molecule has 152 valence electrons. The zero-order chi connectivity index (χ0) is 21.1. The molecule has 0 aliphatic carbocycles. The van der Waals surface area contributed by atoms with Gasteiger partial charge in [0.1, 0.15) is 0 Å². The van der Waals surface area contributed by atoms with Crippen molar-refractivity contribution in [2.45, 2.75) is 5.16 Å². The van der Waals surface area contributed by atoms with E-state index in [1.807, 2.05) is 47.2 Å². The van der Waals surface area contributed by atoms with Gasteiger partial charge >= 0.3 is 6.03 Å². The highest BCUT2D eigenvalue weighted by atomic mass is 35.5. The lowest BCUT2D eigenvalue weighted by Crippen LogP contribution is -2.38. The maximum absolute atomic E-state index is 12.0. The molecule has 8 nitrogen and oxygen atoms in total. The van der Waals surface area contributed by atoms with Gasteiger partial charge in [0.05, 0.1) is 5.75 Å². The molecule has 0 fully saturated rings. The second-order valence-corrected chi connectivity index (χ2v) is 7.66. The van der Waals surface area contributed by atoms with E-state index in [0.29, 0.717) is 16.0 Å². The number of carbonyl (C=O) groups is 2. The van der Waals surface area contributed by atoms with Crippen molar-refractivity contribution in [2.24, 2.45) is 0 Å². The van der Waals surface area contributed by atoms with E-state index in [9.17, 15) is 9.59 Å². The Bertz CT molecular complexity index is 1220. The Hall–Kier alpha value is -3.30. The van der Waals surface area contributed by atoms with E-state index in [4.69, 9.17) is 11.6 Å². The van der Waals surface area contributed by atoms with Gasteiger partial charge in [0, 0.05) is 40.4 Å². The highest BCUT2D eigenvalue weighted by Crippen LogP contribution is 2.32. The summed E-state index contributed by atoms with van der Waals surface area (Å²) in [6.07, 6.45) is 1.88. The second-order valence-electron chi connectivity index (χ2n) is 6.28. The topological polar surface area (TPSA) is 105 Å². The van der Waals surface area contributed by atoms with Gasteiger partial charge in [-0.25, -0.2) is 4.79 Å². The fraction of sp³-hybridized carbons (Fsp3) is 0.100. The van der Waals surface area contributed by atoms with Crippen molar-refractivity contribution in [1.82, 2.24) is 30.4 Å². The molecule has 30 heavy (non-hydrogen) atoms. The lowest BCUT2D eigenvalue weighted by atomic mass is 10.1. The maximum atomic E-state index is 12.0. The standard InChI is InChI=1S/C20H17ClN6O2S/c1-22-19(29)24-17(28)11-30-20-26-25-18(27(20)13-8-6-12(21)7-9-13)15-10-23-16-5-3-2-4-14(15)16/h2-10,23H,11H2,1H3,(H2,22,24,28,29). The Morgan fingerprint density at radius 2 is 1.90 bits per heavy atom. The van der Waals surface area contributed by atoms with Crippen LogP contribution >= 0.6 is 23.4 Å². The molecule has 0 saturated heterocycles. The summed E-state index contributed by atoms with van der Waals surface area (Å²) in [4.78, 5) is 26.6. The average Bonchev–Trinajstić information content (AvgIpc) is 3.36. The van der Waals surface area contributed by atoms with Crippen molar-refractivity contribution in [3.63, 3.8) is 0 Å². The fourth-order valence-electron chi connectivity index (χ4n) is 2.97. The van der Waals surface area contributed by atoms with Crippen LogP contribution in [0, 0.1) is 0 Å². The van der Waals surface area contributed by atoms with Gasteiger partial charge in [-0.05, 0) is 30.3 Å². The zero-order valence-corrected chi connectivity index (χ0v) is 17.4. The molecule has 2 aromatic heterocycles. The number of halogens is 1. The van der Waals surface area contributed by atoms with Gasteiger partial charge in [-0.15, -0.1) is 10.2 Å². The summed E-state index contributed by atoms with van der Waals surface area (Å²) in [7, 11) is 1.44. The first-order valence-electron chi connectivity index (χ1n) is 8.99. The summed E-state index contributed by atoms with van der Waals surface area (Å²) in [5.74, 6) is 0.204. The molecular weight excluding hydrogens is 424 g/mol. The zero-order valence-electron chi connectivity index (χ0n) is 15.8. The normalized spacial score (nSPS) is 10.9. The van der Waals surface area contributed by atoms with Crippen LogP contribution in [0.4, 0.5) is 4.79 Å². The molecule has 0 radical (unpaired) electrons. The number of carbonyl (C=O) groups excluding carboxylic acids is 2. The lowest BCUT2D eigenvalue weighted by molar-refractivity contribution is -0.117. The van der Waals surface area contributed by atoms with Gasteiger partial charge in [-0.2, -0.15) is 0 Å². The van der Waals surface area contributed by atoms with Crippen molar-refractivity contribution in [3.05, 3.63) is 59.8 Å². The van der Waals surface area contributed by atoms with Crippen molar-refractivity contribution in [1.29, 1.82) is 0 Å². The van der Waals surface area contributed by atoms with E-state index < -0.39 is 11.9 Å². The molecule has 0 aliphatic rings. The molecule has 2 heterocycles. The van der Waals surface area contributed by atoms with Crippen molar-refractivity contribution < 1.29 is 9.59 Å². The van der Waals surface area contributed by atoms with E-state index in [2.05, 4.69) is 25.8 Å². The number of aromatic amines is 1. The number of benzene rings is 2. The third kappa shape index (κ3) is 4.03. The van der Waals surface area contributed by atoms with E-state index in [1.165, 1.54) is 18.8 Å². The number of hydrogen-bond donors (Lipinski definition) is 3. The monoisotopic (exact) mass is 440 g/mol. The molecule has 0 atom stereocenters. The number of amides is 3. The third-order valence-corrected chi connectivity index (χ3v) is 5.54. The Kier molecular flexibility index (Phi) is 5.73. The quantitative estimate of drug-likeness (QED) is 0.411. The number of fused-ring (bicyclic) bond motifs is 1. The van der Waals surface area contributed by atoms with Crippen LogP contribution in [0.1, 0.15) is 0 Å². The molecule has 4 aromatic rings. The van der Waals surface area contributed by atoms with Gasteiger partial charge in [0.15, 0.2) is 11.0 Å². The molecular formula is C20H17ClN6O2S. The molecule has 0 spiro atoms. The van der Waals surface area contributed by atoms with E-state index in [1.54, 1.807) is 12.1 Å². The molecule has 0 bridgehead atoms. The van der Waals surface area contributed by atoms with Crippen LogP contribution < -0.4 is 10.6 Å². The van der Waals surface area contributed by atoms with Crippen LogP contribution in [-0.2, 0) is 4.79 Å². The van der Waals surface area contributed by atoms with Crippen LogP contribution in [0.3, 0.4) is 0 Å². The Morgan fingerprint density at radius 1 is 1.13 bits per heavy atom. The molecule has 3 amide bonds. The minimum absolute atomic E-state index is 0.00697. The Labute approximate surface area is 181 Å². The molecule has 0 aliphatic heterocycles. The first kappa shape index (κ1) is 20.0. The summed E-state index contributed by atoms with van der Waals surface area (Å²) in [6.45, 7) is 0. The highest BCUT2D eigenvalue weighted by molar-refractivity contribution is 7.99. The number of imide groups is 1. The predicted octanol–water partition coefficient (Wildman–Crippen LogP) is 3.62. The summed E-state index contributed by atoms with van der Waals surface area (Å²) in [5, 5.41) is 15.4. The van der Waals surface area contributed by atoms with Gasteiger partial charge < -0.3 is 10.3 Å². The van der Waals surface area contributed by atoms with Crippen molar-refractivity contribution in [3.8, 4) is 17.1 Å². The van der Waals surface area contributed by atoms with Gasteiger partial charge in [-0.3, -0.25) is 14.7 Å². The Morgan fingerprint density at radius 3 is 2.67 bits per heavy atom. The SMILES string of the molecule is CNC(=O)NC(=O)CSc1nnc(-c2c[nH]c3ccccc23)n1-c1ccc(Cl)cc1. The summed E-state index contributed by atoms with van der Waals surface area (Å²) < 4.78 is 1.86. The fourth-order valence-corrected chi connectivity index (χ4v) is 3.85. The third-order valence-electron chi connectivity index (χ3n) is 4.36. The predicted molar refractivity (Wildman–Crippen MR) is 117 cm³/mol. The van der Waals surface area contributed by atoms with E-state index >= 15 is 0 Å². The van der Waals surface area contributed by atoms with Crippen LogP contribution in [-0.4, -0.2) is 44.5 Å². The molecule has 4 rings (SSSR count). The number of rotatable bonds is 5. The smallest absolute Gasteiger partial charge is 0.321 e.